The van der Waals surface area contributed by atoms with Crippen LogP contribution in [0.25, 0.3) is 0 Å². The van der Waals surface area contributed by atoms with Crippen LogP contribution in [0.2, 0.25) is 10.0 Å². The Morgan fingerprint density at radius 1 is 1.03 bits per heavy atom. The molecular formula is C29H33Cl2N3O3. The summed E-state index contributed by atoms with van der Waals surface area (Å²) in [5.74, 6) is 1.22. The summed E-state index contributed by atoms with van der Waals surface area (Å²) in [6.45, 7) is 2.72. The Kier molecular flexibility index (Phi) is 9.06. The molecule has 1 aliphatic heterocycles. The van der Waals surface area contributed by atoms with Gasteiger partial charge in [0.1, 0.15) is 6.17 Å². The molecule has 0 radical (unpaired) electrons. The van der Waals surface area contributed by atoms with E-state index in [1.54, 1.807) is 20.3 Å². The maximum atomic E-state index is 13.2. The second kappa shape index (κ2) is 12.4. The Bertz CT molecular complexity index is 1220. The minimum Gasteiger partial charge on any atom is -0.493 e. The van der Waals surface area contributed by atoms with Gasteiger partial charge in [0.15, 0.2) is 11.5 Å². The zero-order valence-corrected chi connectivity index (χ0v) is 22.9. The van der Waals surface area contributed by atoms with E-state index in [9.17, 15) is 4.79 Å². The van der Waals surface area contributed by atoms with Crippen molar-refractivity contribution < 1.29 is 14.3 Å². The second-order valence-corrected chi connectivity index (χ2v) is 9.97. The van der Waals surface area contributed by atoms with Crippen molar-refractivity contribution in [1.29, 1.82) is 0 Å². The van der Waals surface area contributed by atoms with Crippen LogP contribution >= 0.6 is 23.2 Å². The summed E-state index contributed by atoms with van der Waals surface area (Å²) in [7, 11) is 3.24. The standard InChI is InChI=1S/C29H33Cl2N3O3/c1-4-5-7-12-23(32-29(35)20-10-8-6-9-11-20)28-33-27-22(31)16-21(30)17-24(27)34(28)18-19-13-14-25(36-2)26(15-19)37-3/h6,8-11,13-17,23,28,33H,4-5,7,12,18H2,1-3H3,(H,32,35)/t23-,28?/m0/s1. The second-order valence-electron chi connectivity index (χ2n) is 9.13. The number of hydrogen-bond acceptors (Lipinski definition) is 5. The largest absolute Gasteiger partial charge is 0.493 e. The number of fused-ring (bicyclic) bond motifs is 1. The van der Waals surface area contributed by atoms with Crippen molar-refractivity contribution >= 4 is 40.5 Å². The molecular weight excluding hydrogens is 509 g/mol. The summed E-state index contributed by atoms with van der Waals surface area (Å²) in [6, 6.07) is 18.6. The highest BCUT2D eigenvalue weighted by atomic mass is 35.5. The lowest BCUT2D eigenvalue weighted by molar-refractivity contribution is 0.0929. The van der Waals surface area contributed by atoms with E-state index in [0.29, 0.717) is 33.7 Å². The van der Waals surface area contributed by atoms with E-state index in [0.717, 1.165) is 42.6 Å². The highest BCUT2D eigenvalue weighted by molar-refractivity contribution is 6.37. The number of unbranched alkanes of at least 4 members (excludes halogenated alkanes) is 2. The van der Waals surface area contributed by atoms with E-state index in [2.05, 4.69) is 22.5 Å². The molecule has 2 atom stereocenters. The number of carbonyl (C=O) groups excluding carboxylic acids is 1. The Morgan fingerprint density at radius 2 is 1.78 bits per heavy atom. The molecule has 196 valence electrons. The minimum atomic E-state index is -0.233. The fourth-order valence-electron chi connectivity index (χ4n) is 4.75. The first-order valence-corrected chi connectivity index (χ1v) is 13.3. The van der Waals surface area contributed by atoms with Crippen LogP contribution in [0.3, 0.4) is 0 Å². The van der Waals surface area contributed by atoms with E-state index < -0.39 is 0 Å². The van der Waals surface area contributed by atoms with Crippen molar-refractivity contribution in [2.24, 2.45) is 0 Å². The maximum Gasteiger partial charge on any atom is 0.251 e. The molecule has 1 amide bonds. The first-order chi connectivity index (χ1) is 17.9. The van der Waals surface area contributed by atoms with Crippen molar-refractivity contribution in [3.05, 3.63) is 81.8 Å². The number of rotatable bonds is 11. The highest BCUT2D eigenvalue weighted by Gasteiger charge is 2.37. The number of nitrogens with zero attached hydrogens (tertiary/aromatic N) is 1. The summed E-state index contributed by atoms with van der Waals surface area (Å²) in [5.41, 5.74) is 3.36. The van der Waals surface area contributed by atoms with Crippen LogP contribution in [-0.4, -0.2) is 32.3 Å². The molecule has 4 rings (SSSR count). The zero-order chi connectivity index (χ0) is 26.4. The Labute approximate surface area is 228 Å². The first kappa shape index (κ1) is 27.0. The predicted molar refractivity (Wildman–Crippen MR) is 151 cm³/mol. The quantitative estimate of drug-likeness (QED) is 0.252. The van der Waals surface area contributed by atoms with Gasteiger partial charge in [-0.05, 0) is 48.4 Å². The normalized spacial score (nSPS) is 15.1. The minimum absolute atomic E-state index is 0.102. The smallest absolute Gasteiger partial charge is 0.251 e. The van der Waals surface area contributed by atoms with Crippen molar-refractivity contribution in [3.63, 3.8) is 0 Å². The molecule has 6 nitrogen and oxygen atoms in total. The van der Waals surface area contributed by atoms with Gasteiger partial charge in [-0.1, -0.05) is 73.7 Å². The molecule has 1 unspecified atom stereocenters. The maximum absolute atomic E-state index is 13.2. The average molecular weight is 543 g/mol. The number of hydrogen-bond donors (Lipinski definition) is 2. The van der Waals surface area contributed by atoms with Crippen LogP contribution in [0.4, 0.5) is 11.4 Å². The van der Waals surface area contributed by atoms with Gasteiger partial charge in [-0.15, -0.1) is 0 Å². The molecule has 0 spiro atoms. The van der Waals surface area contributed by atoms with Gasteiger partial charge in [0.05, 0.1) is 36.7 Å². The molecule has 37 heavy (non-hydrogen) atoms. The lowest BCUT2D eigenvalue weighted by atomic mass is 10.0. The molecule has 1 heterocycles. The number of amides is 1. The van der Waals surface area contributed by atoms with Crippen LogP contribution in [-0.2, 0) is 6.54 Å². The molecule has 0 fully saturated rings. The van der Waals surface area contributed by atoms with Crippen LogP contribution in [0.5, 0.6) is 11.5 Å². The summed E-state index contributed by atoms with van der Waals surface area (Å²) >= 11 is 13.1. The van der Waals surface area contributed by atoms with Crippen molar-refractivity contribution in [3.8, 4) is 11.5 Å². The first-order valence-electron chi connectivity index (χ1n) is 12.5. The van der Waals surface area contributed by atoms with Crippen LogP contribution in [0.15, 0.2) is 60.7 Å². The monoisotopic (exact) mass is 541 g/mol. The van der Waals surface area contributed by atoms with Gasteiger partial charge in [0, 0.05) is 17.1 Å². The Hall–Kier alpha value is -3.09. The molecule has 3 aromatic carbocycles. The van der Waals surface area contributed by atoms with Gasteiger partial charge in [0.2, 0.25) is 0 Å². The van der Waals surface area contributed by atoms with Gasteiger partial charge in [-0.3, -0.25) is 4.79 Å². The van der Waals surface area contributed by atoms with Gasteiger partial charge in [-0.2, -0.15) is 0 Å². The summed E-state index contributed by atoms with van der Waals surface area (Å²) in [5, 5.41) is 8.00. The highest BCUT2D eigenvalue weighted by Crippen LogP contribution is 2.44. The fourth-order valence-corrected chi connectivity index (χ4v) is 5.28. The van der Waals surface area contributed by atoms with Crippen LogP contribution in [0.1, 0.15) is 48.5 Å². The molecule has 8 heteroatoms. The van der Waals surface area contributed by atoms with Gasteiger partial charge < -0.3 is 25.0 Å². The van der Waals surface area contributed by atoms with Gasteiger partial charge >= 0.3 is 0 Å². The molecule has 0 bridgehead atoms. The van der Waals surface area contributed by atoms with E-state index in [-0.39, 0.29) is 18.1 Å². The molecule has 0 saturated heterocycles. The van der Waals surface area contributed by atoms with E-state index in [1.807, 2.05) is 54.6 Å². The summed E-state index contributed by atoms with van der Waals surface area (Å²) < 4.78 is 10.9. The fraction of sp³-hybridized carbons (Fsp3) is 0.345. The Balaban J connectivity index is 1.69. The number of nitrogens with one attached hydrogen (secondary N) is 2. The molecule has 1 aliphatic rings. The van der Waals surface area contributed by atoms with Gasteiger partial charge in [-0.25, -0.2) is 0 Å². The third-order valence-corrected chi connectivity index (χ3v) is 7.14. The molecule has 0 aliphatic carbocycles. The lowest BCUT2D eigenvalue weighted by Gasteiger charge is -2.34. The van der Waals surface area contributed by atoms with Crippen LogP contribution in [0, 0.1) is 0 Å². The Morgan fingerprint density at radius 3 is 2.49 bits per heavy atom. The number of benzene rings is 3. The number of ether oxygens (including phenoxy) is 2. The lowest BCUT2D eigenvalue weighted by Crippen LogP contribution is -2.53. The summed E-state index contributed by atoms with van der Waals surface area (Å²) in [6.07, 6.45) is 3.74. The molecule has 0 aromatic heterocycles. The number of methoxy groups -OCH3 is 2. The summed E-state index contributed by atoms with van der Waals surface area (Å²) in [4.78, 5) is 15.4. The number of halogens is 2. The molecule has 2 N–H and O–H groups in total. The third-order valence-electron chi connectivity index (χ3n) is 6.62. The third kappa shape index (κ3) is 6.25. The molecule has 0 saturated carbocycles. The zero-order valence-electron chi connectivity index (χ0n) is 21.4. The topological polar surface area (TPSA) is 62.8 Å². The average Bonchev–Trinajstić information content (AvgIpc) is 3.26. The van der Waals surface area contributed by atoms with Crippen LogP contribution < -0.4 is 25.0 Å². The van der Waals surface area contributed by atoms with Crippen molar-refractivity contribution in [2.45, 2.75) is 51.4 Å². The van der Waals surface area contributed by atoms with E-state index in [4.69, 9.17) is 32.7 Å². The number of anilines is 2. The van der Waals surface area contributed by atoms with E-state index >= 15 is 0 Å². The predicted octanol–water partition coefficient (Wildman–Crippen LogP) is 7.15. The van der Waals surface area contributed by atoms with Crippen molar-refractivity contribution in [2.75, 3.05) is 24.4 Å². The van der Waals surface area contributed by atoms with E-state index in [1.165, 1.54) is 0 Å². The van der Waals surface area contributed by atoms with Crippen molar-refractivity contribution in [1.82, 2.24) is 5.32 Å². The van der Waals surface area contributed by atoms with Gasteiger partial charge in [0.25, 0.3) is 5.91 Å². The SMILES string of the molecule is CCCCC[C@H](NC(=O)c1ccccc1)C1Nc2c(Cl)cc(Cl)cc2N1Cc1ccc(OC)c(OC)c1. The molecule has 3 aromatic rings. The number of carbonyl (C=O) groups is 1.